The van der Waals surface area contributed by atoms with E-state index < -0.39 is 17.6 Å². The molecule has 12 heteroatoms. The number of benzene rings is 2. The first kappa shape index (κ1) is 25.4. The molecule has 0 radical (unpaired) electrons. The van der Waals surface area contributed by atoms with Crippen molar-refractivity contribution >= 4 is 23.2 Å². The number of anilines is 2. The topological polar surface area (TPSA) is 97.5 Å². The van der Waals surface area contributed by atoms with Crippen molar-refractivity contribution in [3.05, 3.63) is 90.5 Å². The van der Waals surface area contributed by atoms with Crippen LogP contribution in [-0.4, -0.2) is 56.8 Å². The SMILES string of the molecule is O=C(Nc1cccc(-c2ccnc3c(-c4cnc(N5CCOCC5)nc4)cnn23)c1)c1cccc(C(F)(F)F)c1. The fourth-order valence-corrected chi connectivity index (χ4v) is 4.50. The number of hydrogen-bond acceptors (Lipinski definition) is 7. The number of hydrogen-bond donors (Lipinski definition) is 1. The summed E-state index contributed by atoms with van der Waals surface area (Å²) in [5, 5.41) is 7.21. The van der Waals surface area contributed by atoms with Crippen molar-refractivity contribution in [2.24, 2.45) is 0 Å². The number of fused-ring (bicyclic) bond motifs is 1. The van der Waals surface area contributed by atoms with Gasteiger partial charge < -0.3 is 15.0 Å². The largest absolute Gasteiger partial charge is 0.416 e. The van der Waals surface area contributed by atoms with Crippen LogP contribution in [0.1, 0.15) is 15.9 Å². The smallest absolute Gasteiger partial charge is 0.378 e. The summed E-state index contributed by atoms with van der Waals surface area (Å²) in [6.45, 7) is 2.75. The molecule has 202 valence electrons. The number of alkyl halides is 3. The molecule has 1 amide bonds. The van der Waals surface area contributed by atoms with Crippen LogP contribution in [-0.2, 0) is 10.9 Å². The Labute approximate surface area is 226 Å². The predicted molar refractivity (Wildman–Crippen MR) is 142 cm³/mol. The molecule has 0 atom stereocenters. The first-order valence-corrected chi connectivity index (χ1v) is 12.4. The van der Waals surface area contributed by atoms with Gasteiger partial charge in [-0.1, -0.05) is 18.2 Å². The number of morpholine rings is 1. The average molecular weight is 546 g/mol. The van der Waals surface area contributed by atoms with Gasteiger partial charge in [0.25, 0.3) is 5.91 Å². The maximum Gasteiger partial charge on any atom is 0.416 e. The third-order valence-electron chi connectivity index (χ3n) is 6.51. The van der Waals surface area contributed by atoms with Crippen molar-refractivity contribution in [2.75, 3.05) is 36.5 Å². The molecular weight excluding hydrogens is 523 g/mol. The van der Waals surface area contributed by atoms with Crippen LogP contribution >= 0.6 is 0 Å². The molecular formula is C28H22F3N7O2. The van der Waals surface area contributed by atoms with Gasteiger partial charge in [-0.2, -0.15) is 18.3 Å². The minimum atomic E-state index is -4.54. The van der Waals surface area contributed by atoms with Crippen molar-refractivity contribution in [1.29, 1.82) is 0 Å². The second kappa shape index (κ2) is 10.4. The number of rotatable bonds is 5. The molecule has 0 bridgehead atoms. The van der Waals surface area contributed by atoms with Crippen LogP contribution in [0.15, 0.2) is 79.4 Å². The lowest BCUT2D eigenvalue weighted by molar-refractivity contribution is -0.137. The van der Waals surface area contributed by atoms with Crippen LogP contribution in [0.25, 0.3) is 28.0 Å². The number of nitrogens with one attached hydrogen (secondary N) is 1. The Kier molecular flexibility index (Phi) is 6.60. The van der Waals surface area contributed by atoms with E-state index in [4.69, 9.17) is 4.74 Å². The second-order valence-corrected chi connectivity index (χ2v) is 9.11. The van der Waals surface area contributed by atoms with E-state index in [1.165, 1.54) is 12.1 Å². The minimum absolute atomic E-state index is 0.0925. The van der Waals surface area contributed by atoms with Gasteiger partial charge in [-0.3, -0.25) is 4.79 Å². The van der Waals surface area contributed by atoms with Crippen LogP contribution in [0.2, 0.25) is 0 Å². The van der Waals surface area contributed by atoms with Gasteiger partial charge in [-0.15, -0.1) is 0 Å². The molecule has 6 rings (SSSR count). The maximum atomic E-state index is 13.1. The third-order valence-corrected chi connectivity index (χ3v) is 6.51. The number of aromatic nitrogens is 5. The average Bonchev–Trinajstić information content (AvgIpc) is 3.42. The first-order valence-electron chi connectivity index (χ1n) is 12.4. The lowest BCUT2D eigenvalue weighted by Gasteiger charge is -2.26. The Morgan fingerprint density at radius 2 is 1.68 bits per heavy atom. The molecule has 1 N–H and O–H groups in total. The number of nitrogens with zero attached hydrogens (tertiary/aromatic N) is 6. The molecule has 1 aliphatic rings. The lowest BCUT2D eigenvalue weighted by Crippen LogP contribution is -2.37. The van der Waals surface area contributed by atoms with Crippen molar-refractivity contribution < 1.29 is 22.7 Å². The zero-order chi connectivity index (χ0) is 27.7. The van der Waals surface area contributed by atoms with Crippen LogP contribution in [0.5, 0.6) is 0 Å². The van der Waals surface area contributed by atoms with Gasteiger partial charge >= 0.3 is 6.18 Å². The number of carbonyl (C=O) groups excluding carboxylic acids is 1. The Hall–Kier alpha value is -4.84. The lowest BCUT2D eigenvalue weighted by atomic mass is 10.1. The van der Waals surface area contributed by atoms with E-state index in [2.05, 4.69) is 30.3 Å². The molecule has 5 aromatic rings. The van der Waals surface area contributed by atoms with Gasteiger partial charge in [0, 0.05) is 59.6 Å². The molecule has 2 aromatic carbocycles. The van der Waals surface area contributed by atoms with Gasteiger partial charge in [0.1, 0.15) is 0 Å². The summed E-state index contributed by atoms with van der Waals surface area (Å²) in [5.74, 6) is -0.00815. The minimum Gasteiger partial charge on any atom is -0.378 e. The van der Waals surface area contributed by atoms with E-state index in [9.17, 15) is 18.0 Å². The predicted octanol–water partition coefficient (Wildman–Crippen LogP) is 4.96. The molecule has 1 aliphatic heterocycles. The molecule has 0 saturated carbocycles. The molecule has 0 unspecified atom stereocenters. The zero-order valence-corrected chi connectivity index (χ0v) is 21.0. The van der Waals surface area contributed by atoms with Crippen molar-refractivity contribution in [3.63, 3.8) is 0 Å². The van der Waals surface area contributed by atoms with E-state index in [1.807, 2.05) is 6.07 Å². The van der Waals surface area contributed by atoms with Crippen molar-refractivity contribution in [3.8, 4) is 22.4 Å². The Balaban J connectivity index is 1.26. The highest BCUT2D eigenvalue weighted by molar-refractivity contribution is 6.04. The Morgan fingerprint density at radius 3 is 2.45 bits per heavy atom. The summed E-state index contributed by atoms with van der Waals surface area (Å²) < 4.78 is 46.3. The van der Waals surface area contributed by atoms with Gasteiger partial charge in [0.2, 0.25) is 5.95 Å². The van der Waals surface area contributed by atoms with E-state index in [1.54, 1.807) is 53.6 Å². The maximum absolute atomic E-state index is 13.1. The zero-order valence-electron chi connectivity index (χ0n) is 21.0. The summed E-state index contributed by atoms with van der Waals surface area (Å²) in [5.41, 5.74) is 2.99. The van der Waals surface area contributed by atoms with E-state index >= 15 is 0 Å². The fraction of sp³-hybridized carbons (Fsp3) is 0.179. The van der Waals surface area contributed by atoms with E-state index in [0.717, 1.165) is 41.9 Å². The highest BCUT2D eigenvalue weighted by Gasteiger charge is 2.31. The first-order chi connectivity index (χ1) is 19.4. The third kappa shape index (κ3) is 5.08. The van der Waals surface area contributed by atoms with Crippen LogP contribution < -0.4 is 10.2 Å². The molecule has 1 fully saturated rings. The molecule has 4 heterocycles. The van der Waals surface area contributed by atoms with Crippen LogP contribution in [0.3, 0.4) is 0 Å². The Bertz CT molecular complexity index is 1680. The monoisotopic (exact) mass is 545 g/mol. The molecule has 0 spiro atoms. The summed E-state index contributed by atoms with van der Waals surface area (Å²) >= 11 is 0. The molecule has 0 aliphatic carbocycles. The quantitative estimate of drug-likeness (QED) is 0.333. The second-order valence-electron chi connectivity index (χ2n) is 9.11. The summed E-state index contributed by atoms with van der Waals surface area (Å²) in [6.07, 6.45) is 2.30. The standard InChI is InChI=1S/C28H22F3N7O2/c29-28(30,31)21-5-1-4-19(13-21)26(39)36-22-6-2-3-18(14-22)24-7-8-32-25-23(17-35-38(24)25)20-15-33-27(34-16-20)37-9-11-40-12-10-37/h1-8,13-17H,9-12H2,(H,36,39). The van der Waals surface area contributed by atoms with Gasteiger partial charge in [0.05, 0.1) is 30.7 Å². The number of amides is 1. The highest BCUT2D eigenvalue weighted by Crippen LogP contribution is 2.31. The highest BCUT2D eigenvalue weighted by atomic mass is 19.4. The summed E-state index contributed by atoms with van der Waals surface area (Å²) in [7, 11) is 0. The summed E-state index contributed by atoms with van der Waals surface area (Å²) in [4.78, 5) is 28.3. The van der Waals surface area contributed by atoms with Crippen LogP contribution in [0, 0.1) is 0 Å². The van der Waals surface area contributed by atoms with Gasteiger partial charge in [-0.25, -0.2) is 19.5 Å². The number of ether oxygens (including phenoxy) is 1. The Morgan fingerprint density at radius 1 is 0.900 bits per heavy atom. The van der Waals surface area contributed by atoms with Crippen molar-refractivity contribution in [1.82, 2.24) is 24.6 Å². The summed E-state index contributed by atoms with van der Waals surface area (Å²) in [6, 6.07) is 13.1. The number of carbonyl (C=O) groups is 1. The molecule has 3 aromatic heterocycles. The molecule has 1 saturated heterocycles. The van der Waals surface area contributed by atoms with E-state index in [0.29, 0.717) is 36.2 Å². The van der Waals surface area contributed by atoms with Gasteiger partial charge in [-0.05, 0) is 36.4 Å². The van der Waals surface area contributed by atoms with Crippen molar-refractivity contribution in [2.45, 2.75) is 6.18 Å². The van der Waals surface area contributed by atoms with Crippen LogP contribution in [0.4, 0.5) is 24.8 Å². The molecule has 9 nitrogen and oxygen atoms in total. The molecule has 40 heavy (non-hydrogen) atoms. The normalized spacial score (nSPS) is 13.9. The van der Waals surface area contributed by atoms with Gasteiger partial charge in [0.15, 0.2) is 5.65 Å². The number of halogens is 3. The fourth-order valence-electron chi connectivity index (χ4n) is 4.50. The van der Waals surface area contributed by atoms with E-state index in [-0.39, 0.29) is 5.56 Å².